The fraction of sp³-hybridized carbons (Fsp3) is 0.795. The van der Waals surface area contributed by atoms with Crippen molar-refractivity contribution in [1.29, 1.82) is 0 Å². The van der Waals surface area contributed by atoms with Crippen LogP contribution in [0.15, 0.2) is 36.5 Å². The van der Waals surface area contributed by atoms with Crippen LogP contribution in [0.2, 0.25) is 0 Å². The Balaban J connectivity index is 3.56. The number of ether oxygens (including phenoxy) is 2. The van der Waals surface area contributed by atoms with E-state index in [0.717, 1.165) is 51.4 Å². The third-order valence-corrected chi connectivity index (χ3v) is 7.91. The van der Waals surface area contributed by atoms with Gasteiger partial charge in [0, 0.05) is 12.8 Å². The molecule has 5 nitrogen and oxygen atoms in total. The number of unbranched alkanes of at least 4 members (excludes halogenated alkanes) is 19. The van der Waals surface area contributed by atoms with E-state index in [-0.39, 0.29) is 25.2 Å². The molecule has 0 unspecified atom stereocenters. The molecule has 44 heavy (non-hydrogen) atoms. The maximum absolute atomic E-state index is 12.1. The highest BCUT2D eigenvalue weighted by molar-refractivity contribution is 5.70. The molecule has 0 aromatic heterocycles. The Kier molecular flexibility index (Phi) is 34.1. The van der Waals surface area contributed by atoms with Gasteiger partial charge in [-0.25, -0.2) is 0 Å². The van der Waals surface area contributed by atoms with Gasteiger partial charge in [-0.3, -0.25) is 9.59 Å². The van der Waals surface area contributed by atoms with E-state index in [9.17, 15) is 14.7 Å². The van der Waals surface area contributed by atoms with E-state index in [1.807, 2.05) is 0 Å². The minimum Gasteiger partial charge on any atom is -0.462 e. The average Bonchev–Trinajstić information content (AvgIpc) is 3.02. The summed E-state index contributed by atoms with van der Waals surface area (Å²) >= 11 is 0. The lowest BCUT2D eigenvalue weighted by molar-refractivity contribution is -0.161. The quantitative estimate of drug-likeness (QED) is 0.0450. The zero-order chi connectivity index (χ0) is 32.2. The predicted molar refractivity (Wildman–Crippen MR) is 187 cm³/mol. The Hall–Kier alpha value is -1.88. The molecule has 256 valence electrons. The monoisotopic (exact) mass is 619 g/mol. The van der Waals surface area contributed by atoms with Crippen molar-refractivity contribution in [3.8, 4) is 0 Å². The molecule has 0 aromatic rings. The van der Waals surface area contributed by atoms with Crippen molar-refractivity contribution in [2.24, 2.45) is 0 Å². The molecule has 5 heteroatoms. The van der Waals surface area contributed by atoms with Gasteiger partial charge < -0.3 is 14.6 Å². The Morgan fingerprint density at radius 3 is 1.43 bits per heavy atom. The number of aliphatic hydroxyl groups is 1. The zero-order valence-corrected chi connectivity index (χ0v) is 28.9. The van der Waals surface area contributed by atoms with Crippen LogP contribution in [0.5, 0.6) is 0 Å². The van der Waals surface area contributed by atoms with Crippen molar-refractivity contribution in [2.45, 2.75) is 187 Å². The highest BCUT2D eigenvalue weighted by atomic mass is 16.6. The van der Waals surface area contributed by atoms with Crippen molar-refractivity contribution in [3.05, 3.63) is 36.5 Å². The third kappa shape index (κ3) is 33.0. The molecule has 0 spiro atoms. The number of hydrogen-bond acceptors (Lipinski definition) is 5. The molecule has 0 radical (unpaired) electrons. The van der Waals surface area contributed by atoms with Gasteiger partial charge in [-0.05, 0) is 64.2 Å². The molecule has 0 aliphatic heterocycles. The van der Waals surface area contributed by atoms with Crippen molar-refractivity contribution in [1.82, 2.24) is 0 Å². The van der Waals surface area contributed by atoms with Crippen LogP contribution >= 0.6 is 0 Å². The SMILES string of the molecule is CCCC/C=C\CCCCCCCC(=O)O[C@@H](CO)COC(=O)CCCCCCCCCCC/C=C\C/C=C\CCCCC. The van der Waals surface area contributed by atoms with Crippen LogP contribution in [0.4, 0.5) is 0 Å². The fourth-order valence-corrected chi connectivity index (χ4v) is 5.03. The Labute approximate surface area is 272 Å². The van der Waals surface area contributed by atoms with Crippen LogP contribution < -0.4 is 0 Å². The summed E-state index contributed by atoms with van der Waals surface area (Å²) in [7, 11) is 0. The summed E-state index contributed by atoms with van der Waals surface area (Å²) in [5, 5.41) is 9.51. The van der Waals surface area contributed by atoms with E-state index in [1.165, 1.54) is 103 Å². The van der Waals surface area contributed by atoms with Gasteiger partial charge in [-0.1, -0.05) is 140 Å². The van der Waals surface area contributed by atoms with Crippen LogP contribution in [0, 0.1) is 0 Å². The molecule has 0 heterocycles. The number of allylic oxidation sites excluding steroid dienone is 6. The first-order valence-electron chi connectivity index (χ1n) is 18.5. The summed E-state index contributed by atoms with van der Waals surface area (Å²) in [6.07, 6.45) is 42.0. The lowest BCUT2D eigenvalue weighted by Gasteiger charge is -2.15. The molecule has 0 rings (SSSR count). The molecule has 0 fully saturated rings. The molecular formula is C39H70O5. The summed E-state index contributed by atoms with van der Waals surface area (Å²) in [4.78, 5) is 24.1. The van der Waals surface area contributed by atoms with E-state index in [0.29, 0.717) is 12.8 Å². The van der Waals surface area contributed by atoms with Gasteiger partial charge in [0.25, 0.3) is 0 Å². The molecule has 0 saturated heterocycles. The first-order valence-corrected chi connectivity index (χ1v) is 18.5. The molecule has 1 atom stereocenters. The minimum absolute atomic E-state index is 0.0706. The maximum Gasteiger partial charge on any atom is 0.306 e. The van der Waals surface area contributed by atoms with Gasteiger partial charge in [-0.2, -0.15) is 0 Å². The van der Waals surface area contributed by atoms with E-state index in [1.54, 1.807) is 0 Å². The fourth-order valence-electron chi connectivity index (χ4n) is 5.03. The van der Waals surface area contributed by atoms with Gasteiger partial charge in [0.15, 0.2) is 6.10 Å². The lowest BCUT2D eigenvalue weighted by atomic mass is 10.1. The molecule has 0 amide bonds. The molecule has 0 saturated carbocycles. The van der Waals surface area contributed by atoms with Gasteiger partial charge in [0.2, 0.25) is 0 Å². The highest BCUT2D eigenvalue weighted by Crippen LogP contribution is 2.13. The van der Waals surface area contributed by atoms with E-state index >= 15 is 0 Å². The Bertz CT molecular complexity index is 711. The molecule has 0 bridgehead atoms. The number of esters is 2. The van der Waals surface area contributed by atoms with Crippen LogP contribution in [0.3, 0.4) is 0 Å². The summed E-state index contributed by atoms with van der Waals surface area (Å²) in [5.74, 6) is -0.607. The number of aliphatic hydroxyl groups excluding tert-OH is 1. The molecule has 0 aliphatic carbocycles. The van der Waals surface area contributed by atoms with Crippen LogP contribution in [0.25, 0.3) is 0 Å². The standard InChI is InChI=1S/C39H70O5/c1-3-5-7-9-11-13-15-16-17-18-19-20-21-22-24-25-27-29-31-33-38(41)43-36-37(35-40)44-39(42)34-32-30-28-26-23-14-12-10-8-6-4-2/h10-13,16-17,37,40H,3-9,14-15,18-36H2,1-2H3/b12-10-,13-11-,17-16-/t37-/m0/s1. The number of carbonyl (C=O) groups excluding carboxylic acids is 2. The minimum atomic E-state index is -0.774. The van der Waals surface area contributed by atoms with E-state index in [4.69, 9.17) is 9.47 Å². The summed E-state index contributed by atoms with van der Waals surface area (Å²) in [6, 6.07) is 0. The second-order valence-electron chi connectivity index (χ2n) is 12.3. The van der Waals surface area contributed by atoms with Crippen molar-refractivity contribution < 1.29 is 24.2 Å². The summed E-state index contributed by atoms with van der Waals surface area (Å²) < 4.78 is 10.6. The number of carbonyl (C=O) groups is 2. The van der Waals surface area contributed by atoms with Gasteiger partial charge in [0.05, 0.1) is 6.61 Å². The summed E-state index contributed by atoms with van der Waals surface area (Å²) in [6.45, 7) is 4.05. The van der Waals surface area contributed by atoms with Gasteiger partial charge in [0.1, 0.15) is 6.61 Å². The second-order valence-corrected chi connectivity index (χ2v) is 12.3. The lowest BCUT2D eigenvalue weighted by Crippen LogP contribution is -2.28. The molecule has 1 N–H and O–H groups in total. The van der Waals surface area contributed by atoms with Crippen LogP contribution in [-0.4, -0.2) is 36.4 Å². The predicted octanol–water partition coefficient (Wildman–Crippen LogP) is 11.3. The Morgan fingerprint density at radius 2 is 0.932 bits per heavy atom. The first kappa shape index (κ1) is 42.1. The van der Waals surface area contributed by atoms with E-state index in [2.05, 4.69) is 50.3 Å². The first-order chi connectivity index (χ1) is 21.6. The normalized spacial score (nSPS) is 12.5. The average molecular weight is 619 g/mol. The second kappa shape index (κ2) is 35.6. The van der Waals surface area contributed by atoms with Gasteiger partial charge in [-0.15, -0.1) is 0 Å². The van der Waals surface area contributed by atoms with Gasteiger partial charge >= 0.3 is 11.9 Å². The third-order valence-electron chi connectivity index (χ3n) is 7.91. The number of hydrogen-bond donors (Lipinski definition) is 1. The highest BCUT2D eigenvalue weighted by Gasteiger charge is 2.16. The molecule has 0 aromatic carbocycles. The van der Waals surface area contributed by atoms with Crippen molar-refractivity contribution in [3.63, 3.8) is 0 Å². The molecular weight excluding hydrogens is 548 g/mol. The largest absolute Gasteiger partial charge is 0.462 e. The topological polar surface area (TPSA) is 72.8 Å². The molecule has 0 aliphatic rings. The smallest absolute Gasteiger partial charge is 0.306 e. The van der Waals surface area contributed by atoms with Crippen molar-refractivity contribution >= 4 is 11.9 Å². The van der Waals surface area contributed by atoms with Crippen molar-refractivity contribution in [2.75, 3.05) is 13.2 Å². The van der Waals surface area contributed by atoms with Crippen LogP contribution in [-0.2, 0) is 19.1 Å². The van der Waals surface area contributed by atoms with E-state index < -0.39 is 6.10 Å². The Morgan fingerprint density at radius 1 is 0.523 bits per heavy atom. The zero-order valence-electron chi connectivity index (χ0n) is 28.9. The summed E-state index contributed by atoms with van der Waals surface area (Å²) in [5.41, 5.74) is 0. The number of rotatable bonds is 33. The maximum atomic E-state index is 12.1. The van der Waals surface area contributed by atoms with Crippen LogP contribution in [0.1, 0.15) is 181 Å².